The van der Waals surface area contributed by atoms with Gasteiger partial charge in [0.15, 0.2) is 17.2 Å². The number of carbonyl (C=O) groups is 1. The van der Waals surface area contributed by atoms with E-state index in [0.717, 1.165) is 11.1 Å². The van der Waals surface area contributed by atoms with Gasteiger partial charge in [0.05, 0.1) is 26.5 Å². The van der Waals surface area contributed by atoms with E-state index in [0.29, 0.717) is 22.3 Å². The third-order valence-electron chi connectivity index (χ3n) is 4.29. The van der Waals surface area contributed by atoms with E-state index < -0.39 is 5.97 Å². The van der Waals surface area contributed by atoms with Crippen molar-refractivity contribution in [3.05, 3.63) is 59.4 Å². The Morgan fingerprint density at radius 2 is 1.82 bits per heavy atom. The fourth-order valence-corrected chi connectivity index (χ4v) is 3.36. The van der Waals surface area contributed by atoms with Crippen LogP contribution in [0.5, 0.6) is 11.5 Å². The highest BCUT2D eigenvalue weighted by Gasteiger charge is 2.21. The number of carbonyl (C=O) groups excluding carboxylic acids is 1. The topological polar surface area (TPSA) is 75.7 Å². The molecule has 0 aliphatic carbocycles. The van der Waals surface area contributed by atoms with E-state index >= 15 is 0 Å². The largest absolute Gasteiger partial charge is 0.493 e. The average Bonchev–Trinajstić information content (AvgIpc) is 3.01. The smallest absolute Gasteiger partial charge is 0.357 e. The van der Waals surface area contributed by atoms with Crippen LogP contribution in [0.2, 0.25) is 5.15 Å². The first-order valence-corrected chi connectivity index (χ1v) is 9.05. The number of anilines is 1. The fraction of sp³-hybridized carbons (Fsp3) is 0.190. The molecule has 2 aromatic carbocycles. The molecule has 28 heavy (non-hydrogen) atoms. The molecule has 2 N–H and O–H groups in total. The van der Waals surface area contributed by atoms with Gasteiger partial charge in [-0.1, -0.05) is 35.9 Å². The molecule has 146 valence electrons. The number of rotatable bonds is 6. The lowest BCUT2D eigenvalue weighted by molar-refractivity contribution is 0.0518. The summed E-state index contributed by atoms with van der Waals surface area (Å²) in [5.41, 5.74) is 8.94. The Balaban J connectivity index is 2.05. The van der Waals surface area contributed by atoms with Crippen LogP contribution in [-0.4, -0.2) is 31.4 Å². The van der Waals surface area contributed by atoms with Crippen LogP contribution in [0.1, 0.15) is 17.4 Å². The molecule has 0 aliphatic rings. The average molecular weight is 401 g/mol. The molecule has 0 spiro atoms. The van der Waals surface area contributed by atoms with Gasteiger partial charge in [-0.2, -0.15) is 0 Å². The normalized spacial score (nSPS) is 10.6. The summed E-state index contributed by atoms with van der Waals surface area (Å²) >= 11 is 6.31. The summed E-state index contributed by atoms with van der Waals surface area (Å²) in [7, 11) is 3.20. The van der Waals surface area contributed by atoms with E-state index in [1.165, 1.54) is 6.07 Å². The van der Waals surface area contributed by atoms with E-state index in [2.05, 4.69) is 0 Å². The van der Waals surface area contributed by atoms with Crippen molar-refractivity contribution in [2.75, 3.05) is 26.6 Å². The summed E-state index contributed by atoms with van der Waals surface area (Å²) in [6.07, 6.45) is 0. The molecular weight excluding hydrogens is 380 g/mol. The number of hydrogen-bond acceptors (Lipinski definition) is 5. The maximum atomic E-state index is 12.3. The number of nitrogens with two attached hydrogens (primary N) is 1. The van der Waals surface area contributed by atoms with E-state index in [9.17, 15) is 4.79 Å². The van der Waals surface area contributed by atoms with Crippen molar-refractivity contribution in [3.8, 4) is 28.3 Å². The predicted molar refractivity (Wildman–Crippen MR) is 110 cm³/mol. The number of nitrogen functional groups attached to an aromatic ring is 1. The second-order valence-corrected chi connectivity index (χ2v) is 6.30. The number of para-hydroxylation sites is 1. The molecular formula is C21H21ClN2O4. The Kier molecular flexibility index (Phi) is 5.80. The molecule has 1 heterocycles. The van der Waals surface area contributed by atoms with Gasteiger partial charge in [0.2, 0.25) is 0 Å². The zero-order valence-corrected chi connectivity index (χ0v) is 16.6. The zero-order chi connectivity index (χ0) is 20.3. The van der Waals surface area contributed by atoms with Crippen LogP contribution < -0.4 is 15.2 Å². The van der Waals surface area contributed by atoms with Crippen molar-refractivity contribution in [2.45, 2.75) is 6.92 Å². The number of nitrogens with zero attached hydrogens (tertiary/aromatic N) is 1. The van der Waals surface area contributed by atoms with E-state index in [4.69, 9.17) is 31.5 Å². The van der Waals surface area contributed by atoms with Crippen LogP contribution in [-0.2, 0) is 4.74 Å². The second-order valence-electron chi connectivity index (χ2n) is 5.91. The third kappa shape index (κ3) is 3.51. The van der Waals surface area contributed by atoms with E-state index in [1.54, 1.807) is 25.7 Å². The van der Waals surface area contributed by atoms with Crippen molar-refractivity contribution in [3.63, 3.8) is 0 Å². The molecule has 0 unspecified atom stereocenters. The number of hydrogen-bond donors (Lipinski definition) is 1. The number of ether oxygens (including phenoxy) is 3. The second kappa shape index (κ2) is 8.27. The van der Waals surface area contributed by atoms with E-state index in [1.807, 2.05) is 42.5 Å². The van der Waals surface area contributed by atoms with Crippen LogP contribution >= 0.6 is 11.6 Å². The van der Waals surface area contributed by atoms with E-state index in [-0.39, 0.29) is 18.0 Å². The Morgan fingerprint density at radius 1 is 1.11 bits per heavy atom. The molecule has 0 radical (unpaired) electrons. The number of benzene rings is 2. The van der Waals surface area contributed by atoms with Crippen LogP contribution in [0.15, 0.2) is 48.5 Å². The first kappa shape index (κ1) is 19.6. The van der Waals surface area contributed by atoms with Crippen LogP contribution in [0.4, 0.5) is 5.69 Å². The van der Waals surface area contributed by atoms with Gasteiger partial charge in [0, 0.05) is 11.3 Å². The molecule has 3 aromatic rings. The van der Waals surface area contributed by atoms with Gasteiger partial charge in [-0.3, -0.25) is 4.57 Å². The summed E-state index contributed by atoms with van der Waals surface area (Å²) in [6, 6.07) is 14.7. The minimum absolute atomic E-state index is 0.207. The summed E-state index contributed by atoms with van der Waals surface area (Å²) in [5, 5.41) is 0.326. The maximum Gasteiger partial charge on any atom is 0.357 e. The lowest BCUT2D eigenvalue weighted by Gasteiger charge is -2.14. The van der Waals surface area contributed by atoms with Crippen molar-refractivity contribution in [2.24, 2.45) is 0 Å². The SMILES string of the molecule is CCOC(=O)c1c(N)cc(Cl)n1-c1ccc(-c2cccc(OC)c2OC)cc1. The van der Waals surface area contributed by atoms with Gasteiger partial charge in [-0.25, -0.2) is 4.79 Å². The monoisotopic (exact) mass is 400 g/mol. The molecule has 0 fully saturated rings. The first-order chi connectivity index (χ1) is 13.5. The van der Waals surface area contributed by atoms with Crippen molar-refractivity contribution < 1.29 is 19.0 Å². The maximum absolute atomic E-state index is 12.3. The van der Waals surface area contributed by atoms with Gasteiger partial charge in [-0.05, 0) is 36.8 Å². The summed E-state index contributed by atoms with van der Waals surface area (Å²) in [6.45, 7) is 1.98. The van der Waals surface area contributed by atoms with Crippen LogP contribution in [0.3, 0.4) is 0 Å². The standard InChI is InChI=1S/C21H21ClN2O4/c1-4-28-21(25)19-16(23)12-18(22)24(19)14-10-8-13(9-11-14)15-6-5-7-17(26-2)20(15)27-3/h5-12H,4,23H2,1-3H3. The summed E-state index contributed by atoms with van der Waals surface area (Å²) < 4.78 is 17.5. The molecule has 6 nitrogen and oxygen atoms in total. The minimum Gasteiger partial charge on any atom is -0.493 e. The van der Waals surface area contributed by atoms with Gasteiger partial charge in [0.25, 0.3) is 0 Å². The van der Waals surface area contributed by atoms with Crippen molar-refractivity contribution >= 4 is 23.3 Å². The zero-order valence-electron chi connectivity index (χ0n) is 15.9. The summed E-state index contributed by atoms with van der Waals surface area (Å²) in [4.78, 5) is 12.3. The molecule has 1 aromatic heterocycles. The molecule has 0 atom stereocenters. The fourth-order valence-electron chi connectivity index (χ4n) is 3.06. The Labute approximate surface area is 168 Å². The minimum atomic E-state index is -0.523. The Morgan fingerprint density at radius 3 is 2.43 bits per heavy atom. The van der Waals surface area contributed by atoms with Crippen LogP contribution in [0, 0.1) is 0 Å². The van der Waals surface area contributed by atoms with Gasteiger partial charge < -0.3 is 19.9 Å². The number of aromatic nitrogens is 1. The Hall–Kier alpha value is -3.12. The van der Waals surface area contributed by atoms with Crippen LogP contribution in [0.25, 0.3) is 16.8 Å². The highest BCUT2D eigenvalue weighted by molar-refractivity contribution is 6.30. The highest BCUT2D eigenvalue weighted by atomic mass is 35.5. The van der Waals surface area contributed by atoms with Crippen molar-refractivity contribution in [1.29, 1.82) is 0 Å². The Bertz CT molecular complexity index is 996. The quantitative estimate of drug-likeness (QED) is 0.613. The predicted octanol–water partition coefficient (Wildman–Crippen LogP) is 4.57. The van der Waals surface area contributed by atoms with Gasteiger partial charge in [-0.15, -0.1) is 0 Å². The third-order valence-corrected chi connectivity index (χ3v) is 4.57. The summed E-state index contributed by atoms with van der Waals surface area (Å²) in [5.74, 6) is 0.772. The van der Waals surface area contributed by atoms with Crippen molar-refractivity contribution in [1.82, 2.24) is 4.57 Å². The number of methoxy groups -OCH3 is 2. The molecule has 0 aliphatic heterocycles. The molecule has 0 saturated heterocycles. The van der Waals surface area contributed by atoms with Gasteiger partial charge in [0.1, 0.15) is 5.15 Å². The van der Waals surface area contributed by atoms with Gasteiger partial charge >= 0.3 is 5.97 Å². The number of esters is 1. The highest BCUT2D eigenvalue weighted by Crippen LogP contribution is 2.38. The molecule has 0 amide bonds. The molecule has 3 rings (SSSR count). The molecule has 0 saturated carbocycles. The molecule has 0 bridgehead atoms. The molecule has 7 heteroatoms. The number of halogens is 1. The first-order valence-electron chi connectivity index (χ1n) is 8.67. The lowest BCUT2D eigenvalue weighted by Crippen LogP contribution is -2.13. The lowest BCUT2D eigenvalue weighted by atomic mass is 10.0.